The van der Waals surface area contributed by atoms with E-state index >= 15 is 0 Å². The maximum Gasteiger partial charge on any atom is 0.380 e. The Bertz CT molecular complexity index is 1060. The highest BCUT2D eigenvalue weighted by Gasteiger charge is 2.62. The molecule has 0 radical (unpaired) electrons. The lowest BCUT2D eigenvalue weighted by Crippen LogP contribution is -2.18. The Labute approximate surface area is 157 Å². The molecule has 0 saturated heterocycles. The van der Waals surface area contributed by atoms with Crippen LogP contribution in [0.2, 0.25) is 0 Å². The van der Waals surface area contributed by atoms with Crippen molar-refractivity contribution in [3.63, 3.8) is 0 Å². The predicted molar refractivity (Wildman–Crippen MR) is 99.2 cm³/mol. The van der Waals surface area contributed by atoms with E-state index in [9.17, 15) is 8.42 Å². The minimum atomic E-state index is -4.03. The average molecular weight is 385 g/mol. The van der Waals surface area contributed by atoms with Gasteiger partial charge in [-0.15, -0.1) is 0 Å². The Morgan fingerprint density at radius 1 is 1.04 bits per heavy atom. The Morgan fingerprint density at radius 3 is 2.33 bits per heavy atom. The Morgan fingerprint density at radius 2 is 1.70 bits per heavy atom. The van der Waals surface area contributed by atoms with Crippen molar-refractivity contribution in [1.29, 1.82) is 0 Å². The number of hydrogen-bond acceptors (Lipinski definition) is 6. The third-order valence-corrected chi connectivity index (χ3v) is 5.44. The fourth-order valence-corrected chi connectivity index (χ4v) is 4.03. The molecule has 0 spiro atoms. The van der Waals surface area contributed by atoms with Crippen LogP contribution in [0.3, 0.4) is 0 Å². The number of hydrogen-bond donors (Lipinski definition) is 1. The Hall–Kier alpha value is -2.71. The monoisotopic (exact) mass is 385 g/mol. The summed E-state index contributed by atoms with van der Waals surface area (Å²) >= 11 is 0. The zero-order valence-corrected chi connectivity index (χ0v) is 15.7. The number of rotatable bonds is 5. The smallest absolute Gasteiger partial charge is 0.371 e. The second kappa shape index (κ2) is 6.17. The van der Waals surface area contributed by atoms with Crippen molar-refractivity contribution in [2.24, 2.45) is 10.6 Å². The standard InChI is InChI=1S/C19H19N3O4S/c1-19(2)15(12-8-10-14(11-9-12)26-27(20,23)24)16(19)18-21-17(22-25-18)13-6-4-3-5-7-13/h3-11,15-16H,1-2H3,(H2,20,23,24). The van der Waals surface area contributed by atoms with Gasteiger partial charge < -0.3 is 8.71 Å². The molecule has 1 aliphatic carbocycles. The molecular formula is C19H19N3O4S. The summed E-state index contributed by atoms with van der Waals surface area (Å²) in [6.07, 6.45) is 0. The maximum absolute atomic E-state index is 11.0. The highest BCUT2D eigenvalue weighted by Crippen LogP contribution is 2.69. The second-order valence-electron chi connectivity index (χ2n) is 7.24. The van der Waals surface area contributed by atoms with Gasteiger partial charge in [0.05, 0.1) is 5.92 Å². The van der Waals surface area contributed by atoms with Crippen LogP contribution in [-0.2, 0) is 10.3 Å². The maximum atomic E-state index is 11.0. The van der Waals surface area contributed by atoms with Crippen LogP contribution in [-0.4, -0.2) is 18.6 Å². The number of nitrogens with zero attached hydrogens (tertiary/aromatic N) is 2. The molecule has 1 heterocycles. The van der Waals surface area contributed by atoms with Gasteiger partial charge in [-0.1, -0.05) is 61.5 Å². The lowest BCUT2D eigenvalue weighted by atomic mass is 10.0. The van der Waals surface area contributed by atoms with Gasteiger partial charge in [0.15, 0.2) is 0 Å². The van der Waals surface area contributed by atoms with E-state index in [1.54, 1.807) is 12.1 Å². The molecule has 1 aliphatic rings. The van der Waals surface area contributed by atoms with Gasteiger partial charge in [-0.25, -0.2) is 0 Å². The van der Waals surface area contributed by atoms with E-state index in [0.29, 0.717) is 11.7 Å². The van der Waals surface area contributed by atoms with Crippen LogP contribution in [0, 0.1) is 5.41 Å². The SMILES string of the molecule is CC1(C)C(c2ccc(OS(N)(=O)=O)cc2)C1c1nc(-c2ccccc2)no1. The topological polar surface area (TPSA) is 108 Å². The van der Waals surface area contributed by atoms with Crippen molar-refractivity contribution in [1.82, 2.24) is 10.1 Å². The number of nitrogens with two attached hydrogens (primary N) is 1. The van der Waals surface area contributed by atoms with Gasteiger partial charge in [0.25, 0.3) is 0 Å². The van der Waals surface area contributed by atoms with Crippen molar-refractivity contribution in [2.75, 3.05) is 0 Å². The highest BCUT2D eigenvalue weighted by molar-refractivity contribution is 7.84. The van der Waals surface area contributed by atoms with Gasteiger partial charge in [0, 0.05) is 11.5 Å². The van der Waals surface area contributed by atoms with Crippen LogP contribution >= 0.6 is 0 Å². The third-order valence-electron chi connectivity index (χ3n) is 5.02. The zero-order valence-electron chi connectivity index (χ0n) is 14.9. The van der Waals surface area contributed by atoms with E-state index in [4.69, 9.17) is 9.66 Å². The van der Waals surface area contributed by atoms with Gasteiger partial charge in [0.2, 0.25) is 11.7 Å². The molecule has 1 aromatic heterocycles. The van der Waals surface area contributed by atoms with E-state index < -0.39 is 10.3 Å². The molecule has 8 heteroatoms. The molecule has 0 bridgehead atoms. The van der Waals surface area contributed by atoms with Crippen molar-refractivity contribution >= 4 is 10.3 Å². The summed E-state index contributed by atoms with van der Waals surface area (Å²) in [6.45, 7) is 4.28. The van der Waals surface area contributed by atoms with Crippen molar-refractivity contribution in [3.8, 4) is 17.1 Å². The molecule has 1 fully saturated rings. The number of aromatic nitrogens is 2. The molecule has 2 atom stereocenters. The van der Waals surface area contributed by atoms with Crippen molar-refractivity contribution in [3.05, 3.63) is 66.1 Å². The molecule has 2 N–H and O–H groups in total. The molecule has 27 heavy (non-hydrogen) atoms. The summed E-state index contributed by atoms with van der Waals surface area (Å²) in [6, 6.07) is 16.5. The summed E-state index contributed by atoms with van der Waals surface area (Å²) in [5, 5.41) is 9.00. The van der Waals surface area contributed by atoms with Crippen LogP contribution in [0.15, 0.2) is 59.1 Å². The van der Waals surface area contributed by atoms with Gasteiger partial charge >= 0.3 is 10.3 Å². The molecule has 0 aliphatic heterocycles. The first-order valence-electron chi connectivity index (χ1n) is 8.47. The fraction of sp³-hybridized carbons (Fsp3) is 0.263. The molecular weight excluding hydrogens is 366 g/mol. The van der Waals surface area contributed by atoms with Crippen LogP contribution in [0.4, 0.5) is 0 Å². The minimum Gasteiger partial charge on any atom is -0.371 e. The first-order chi connectivity index (χ1) is 12.8. The van der Waals surface area contributed by atoms with Gasteiger partial charge in [-0.05, 0) is 23.1 Å². The molecule has 7 nitrogen and oxygen atoms in total. The van der Waals surface area contributed by atoms with Gasteiger partial charge in [-0.2, -0.15) is 18.5 Å². The Balaban J connectivity index is 1.57. The largest absolute Gasteiger partial charge is 0.380 e. The third kappa shape index (κ3) is 3.45. The van der Waals surface area contributed by atoms with Crippen LogP contribution in [0.1, 0.15) is 37.1 Å². The molecule has 140 valence electrons. The molecule has 0 amide bonds. The summed E-state index contributed by atoms with van der Waals surface area (Å²) in [7, 11) is -4.03. The fourth-order valence-electron chi connectivity index (χ4n) is 3.65. The molecule has 2 unspecified atom stereocenters. The average Bonchev–Trinajstić information content (AvgIpc) is 2.96. The van der Waals surface area contributed by atoms with E-state index in [-0.39, 0.29) is 23.0 Å². The summed E-state index contributed by atoms with van der Waals surface area (Å²) in [5.41, 5.74) is 1.90. The Kier molecular flexibility index (Phi) is 4.05. The number of benzene rings is 2. The lowest BCUT2D eigenvalue weighted by Gasteiger charge is -2.05. The van der Waals surface area contributed by atoms with Gasteiger partial charge in [-0.3, -0.25) is 0 Å². The second-order valence-corrected chi connectivity index (χ2v) is 8.40. The van der Waals surface area contributed by atoms with Gasteiger partial charge in [0.1, 0.15) is 5.75 Å². The quantitative estimate of drug-likeness (QED) is 0.722. The van der Waals surface area contributed by atoms with Crippen LogP contribution in [0.5, 0.6) is 5.75 Å². The molecule has 2 aromatic carbocycles. The van der Waals surface area contributed by atoms with E-state index in [0.717, 1.165) is 11.1 Å². The summed E-state index contributed by atoms with van der Waals surface area (Å²) < 4.78 is 32.3. The molecule has 4 rings (SSSR count). The zero-order chi connectivity index (χ0) is 19.2. The first kappa shape index (κ1) is 17.7. The minimum absolute atomic E-state index is 0.0528. The highest BCUT2D eigenvalue weighted by atomic mass is 32.2. The van der Waals surface area contributed by atoms with E-state index in [1.165, 1.54) is 0 Å². The van der Waals surface area contributed by atoms with Crippen molar-refractivity contribution < 1.29 is 17.1 Å². The molecule has 3 aromatic rings. The molecule has 1 saturated carbocycles. The summed E-state index contributed by atoms with van der Waals surface area (Å²) in [5.74, 6) is 1.63. The predicted octanol–water partition coefficient (Wildman–Crippen LogP) is 3.23. The summed E-state index contributed by atoms with van der Waals surface area (Å²) in [4.78, 5) is 4.58. The normalized spacial score (nSPS) is 21.0. The first-order valence-corrected chi connectivity index (χ1v) is 9.94. The van der Waals surface area contributed by atoms with Crippen molar-refractivity contribution in [2.45, 2.75) is 25.7 Å². The lowest BCUT2D eigenvalue weighted by molar-refractivity contribution is 0.368. The van der Waals surface area contributed by atoms with E-state index in [1.807, 2.05) is 42.5 Å². The van der Waals surface area contributed by atoms with E-state index in [2.05, 4.69) is 28.2 Å². The van der Waals surface area contributed by atoms with Crippen LogP contribution < -0.4 is 9.32 Å². The van der Waals surface area contributed by atoms with Crippen LogP contribution in [0.25, 0.3) is 11.4 Å².